The zero-order valence-electron chi connectivity index (χ0n) is 9.11. The van der Waals surface area contributed by atoms with Gasteiger partial charge in [0.2, 0.25) is 5.91 Å². The molecular weight excluding hydrogens is 232 g/mol. The molecule has 0 aliphatic carbocycles. The highest BCUT2D eigenvalue weighted by atomic mass is 19.1. The zero-order valence-corrected chi connectivity index (χ0v) is 9.11. The van der Waals surface area contributed by atoms with Gasteiger partial charge in [-0.3, -0.25) is 9.59 Å². The first-order valence-corrected chi connectivity index (χ1v) is 4.80. The molecule has 1 aromatic rings. The Morgan fingerprint density at radius 3 is 2.59 bits per heavy atom. The van der Waals surface area contributed by atoms with Crippen LogP contribution in [0.3, 0.4) is 0 Å². The molecule has 0 saturated carbocycles. The van der Waals surface area contributed by atoms with Crippen molar-refractivity contribution in [2.45, 2.75) is 13.0 Å². The number of benzene rings is 1. The molecule has 0 aromatic heterocycles. The van der Waals surface area contributed by atoms with Crippen molar-refractivity contribution in [1.29, 1.82) is 0 Å². The van der Waals surface area contributed by atoms with E-state index in [0.717, 1.165) is 23.1 Å². The first-order chi connectivity index (χ1) is 7.90. The summed E-state index contributed by atoms with van der Waals surface area (Å²) < 4.78 is 26.1. The average molecular weight is 243 g/mol. The molecule has 0 unspecified atom stereocenters. The van der Waals surface area contributed by atoms with Crippen LogP contribution in [0.15, 0.2) is 18.2 Å². The van der Waals surface area contributed by atoms with Crippen molar-refractivity contribution in [2.24, 2.45) is 0 Å². The number of aliphatic carboxylic acids is 1. The van der Waals surface area contributed by atoms with Crippen LogP contribution in [0.1, 0.15) is 12.0 Å². The van der Waals surface area contributed by atoms with Gasteiger partial charge in [-0.1, -0.05) is 0 Å². The van der Waals surface area contributed by atoms with Gasteiger partial charge in [0.05, 0.1) is 0 Å². The number of carboxylic acid groups (broad SMARTS) is 1. The molecule has 4 nitrogen and oxygen atoms in total. The molecule has 0 heterocycles. The third-order valence-corrected chi connectivity index (χ3v) is 2.14. The first-order valence-electron chi connectivity index (χ1n) is 4.80. The van der Waals surface area contributed by atoms with Crippen molar-refractivity contribution >= 4 is 11.9 Å². The predicted molar refractivity (Wildman–Crippen MR) is 55.1 cm³/mol. The Hall–Kier alpha value is -1.98. The second-order valence-electron chi connectivity index (χ2n) is 3.56. The van der Waals surface area contributed by atoms with Gasteiger partial charge in [0.15, 0.2) is 0 Å². The Morgan fingerprint density at radius 1 is 1.35 bits per heavy atom. The summed E-state index contributed by atoms with van der Waals surface area (Å²) in [6.07, 6.45) is -0.673. The average Bonchev–Trinajstić information content (AvgIpc) is 2.22. The second-order valence-corrected chi connectivity index (χ2v) is 3.56. The van der Waals surface area contributed by atoms with E-state index in [1.807, 2.05) is 0 Å². The van der Waals surface area contributed by atoms with Crippen LogP contribution in [0.25, 0.3) is 0 Å². The van der Waals surface area contributed by atoms with Gasteiger partial charge in [0.25, 0.3) is 0 Å². The van der Waals surface area contributed by atoms with Gasteiger partial charge in [-0.05, 0) is 18.2 Å². The van der Waals surface area contributed by atoms with E-state index in [-0.39, 0.29) is 12.1 Å². The van der Waals surface area contributed by atoms with Crippen molar-refractivity contribution in [3.8, 4) is 0 Å². The third kappa shape index (κ3) is 3.82. The van der Waals surface area contributed by atoms with Crippen molar-refractivity contribution < 1.29 is 23.5 Å². The first kappa shape index (κ1) is 13.1. The second kappa shape index (κ2) is 5.38. The fourth-order valence-electron chi connectivity index (χ4n) is 1.27. The van der Waals surface area contributed by atoms with Crippen LogP contribution in [0.2, 0.25) is 0 Å². The highest BCUT2D eigenvalue weighted by Crippen LogP contribution is 2.12. The summed E-state index contributed by atoms with van der Waals surface area (Å²) in [5, 5.41) is 8.42. The fraction of sp³-hybridized carbons (Fsp3) is 0.273. The number of halogens is 2. The molecule has 0 saturated heterocycles. The number of rotatable bonds is 4. The van der Waals surface area contributed by atoms with E-state index in [0.29, 0.717) is 0 Å². The van der Waals surface area contributed by atoms with Crippen molar-refractivity contribution in [1.82, 2.24) is 4.90 Å². The lowest BCUT2D eigenvalue weighted by atomic mass is 10.2. The lowest BCUT2D eigenvalue weighted by Gasteiger charge is -2.16. The van der Waals surface area contributed by atoms with Gasteiger partial charge >= 0.3 is 5.97 Å². The number of hydrogen-bond donors (Lipinski definition) is 1. The Kier molecular flexibility index (Phi) is 4.14. The maximum absolute atomic E-state index is 13.2. The van der Waals surface area contributed by atoms with Crippen molar-refractivity contribution in [3.05, 3.63) is 35.4 Å². The van der Waals surface area contributed by atoms with Crippen LogP contribution in [-0.2, 0) is 16.1 Å². The van der Waals surface area contributed by atoms with Gasteiger partial charge in [-0.2, -0.15) is 0 Å². The monoisotopic (exact) mass is 243 g/mol. The van der Waals surface area contributed by atoms with Crippen LogP contribution < -0.4 is 0 Å². The van der Waals surface area contributed by atoms with Gasteiger partial charge < -0.3 is 10.0 Å². The molecule has 0 aliphatic rings. The minimum Gasteiger partial charge on any atom is -0.481 e. The van der Waals surface area contributed by atoms with E-state index in [1.54, 1.807) is 0 Å². The molecule has 1 amide bonds. The maximum Gasteiger partial charge on any atom is 0.312 e. The molecule has 0 fully saturated rings. The summed E-state index contributed by atoms with van der Waals surface area (Å²) in [5.74, 6) is -3.18. The molecule has 17 heavy (non-hydrogen) atoms. The topological polar surface area (TPSA) is 57.6 Å². The molecule has 0 radical (unpaired) electrons. The summed E-state index contributed by atoms with van der Waals surface area (Å²) in [7, 11) is 1.33. The fourth-order valence-corrected chi connectivity index (χ4v) is 1.27. The highest BCUT2D eigenvalue weighted by molar-refractivity contribution is 5.93. The van der Waals surface area contributed by atoms with Gasteiger partial charge in [-0.15, -0.1) is 0 Å². The molecule has 0 aliphatic heterocycles. The van der Waals surface area contributed by atoms with Crippen molar-refractivity contribution in [3.63, 3.8) is 0 Å². The minimum atomic E-state index is -1.26. The van der Waals surface area contributed by atoms with Crippen molar-refractivity contribution in [2.75, 3.05) is 7.05 Å². The Balaban J connectivity index is 2.73. The lowest BCUT2D eigenvalue weighted by molar-refractivity contribution is -0.143. The molecular formula is C11H11F2NO3. The molecule has 6 heteroatoms. The normalized spacial score (nSPS) is 10.1. The molecule has 0 atom stereocenters. The molecule has 92 valence electrons. The highest BCUT2D eigenvalue weighted by Gasteiger charge is 2.15. The molecule has 1 N–H and O–H groups in total. The number of nitrogens with zero attached hydrogens (tertiary/aromatic N) is 1. The standard InChI is InChI=1S/C11H11F2NO3/c1-14(10(15)5-11(16)17)6-7-4-8(12)2-3-9(7)13/h2-4H,5-6H2,1H3,(H,16,17). The van der Waals surface area contributed by atoms with Gasteiger partial charge in [0, 0.05) is 19.2 Å². The van der Waals surface area contributed by atoms with Crippen LogP contribution in [-0.4, -0.2) is 28.9 Å². The Morgan fingerprint density at radius 2 is 2.00 bits per heavy atom. The van der Waals surface area contributed by atoms with Crippen LogP contribution in [0.5, 0.6) is 0 Å². The number of hydrogen-bond acceptors (Lipinski definition) is 2. The van der Waals surface area contributed by atoms with Gasteiger partial charge in [0.1, 0.15) is 18.1 Å². The number of carboxylic acids is 1. The van der Waals surface area contributed by atoms with E-state index in [1.165, 1.54) is 7.05 Å². The molecule has 1 aromatic carbocycles. The zero-order chi connectivity index (χ0) is 13.0. The van der Waals surface area contributed by atoms with E-state index >= 15 is 0 Å². The minimum absolute atomic E-state index is 0.00578. The number of amides is 1. The largest absolute Gasteiger partial charge is 0.481 e. The van der Waals surface area contributed by atoms with Crippen LogP contribution in [0, 0.1) is 11.6 Å². The molecule has 0 bridgehead atoms. The maximum atomic E-state index is 13.2. The van der Waals surface area contributed by atoms with Gasteiger partial charge in [-0.25, -0.2) is 8.78 Å². The van der Waals surface area contributed by atoms with Crippen LogP contribution >= 0.6 is 0 Å². The Bertz CT molecular complexity index is 448. The number of carbonyl (C=O) groups is 2. The molecule has 0 spiro atoms. The quantitative estimate of drug-likeness (QED) is 0.813. The summed E-state index contributed by atoms with van der Waals surface area (Å²) in [6, 6.07) is 2.90. The summed E-state index contributed by atoms with van der Waals surface area (Å²) in [5.41, 5.74) is 0.00578. The third-order valence-electron chi connectivity index (χ3n) is 2.14. The van der Waals surface area contributed by atoms with E-state index in [4.69, 9.17) is 5.11 Å². The number of carbonyl (C=O) groups excluding carboxylic acids is 1. The molecule has 1 rings (SSSR count). The summed E-state index contributed by atoms with van der Waals surface area (Å²) in [6.45, 7) is -0.171. The Labute approximate surface area is 96.5 Å². The smallest absolute Gasteiger partial charge is 0.312 e. The van der Waals surface area contributed by atoms with E-state index in [2.05, 4.69) is 0 Å². The SMILES string of the molecule is CN(Cc1cc(F)ccc1F)C(=O)CC(=O)O. The predicted octanol–water partition coefficient (Wildman–Crippen LogP) is 1.40. The van der Waals surface area contributed by atoms with Crippen LogP contribution in [0.4, 0.5) is 8.78 Å². The summed E-state index contributed by atoms with van der Waals surface area (Å²) in [4.78, 5) is 22.6. The van der Waals surface area contributed by atoms with E-state index in [9.17, 15) is 18.4 Å². The lowest BCUT2D eigenvalue weighted by Crippen LogP contribution is -2.28. The summed E-state index contributed by atoms with van der Waals surface area (Å²) >= 11 is 0. The van der Waals surface area contributed by atoms with E-state index < -0.39 is 29.9 Å².